The van der Waals surface area contributed by atoms with Gasteiger partial charge in [0.1, 0.15) is 0 Å². The number of halogens is 1. The van der Waals surface area contributed by atoms with Crippen LogP contribution in [0.4, 0.5) is 0 Å². The van der Waals surface area contributed by atoms with Crippen LogP contribution in [-0.2, 0) is 0 Å². The van der Waals surface area contributed by atoms with Crippen molar-refractivity contribution in [2.75, 3.05) is 6.54 Å². The molecule has 0 saturated carbocycles. The van der Waals surface area contributed by atoms with Gasteiger partial charge in [0.25, 0.3) is 0 Å². The number of rotatable bonds is 2. The van der Waals surface area contributed by atoms with Crippen molar-refractivity contribution in [1.82, 2.24) is 0 Å². The Morgan fingerprint density at radius 2 is 2.25 bits per heavy atom. The molecule has 0 aliphatic carbocycles. The van der Waals surface area contributed by atoms with Gasteiger partial charge in [-0.25, -0.2) is 0 Å². The second kappa shape index (κ2) is 3.83. The zero-order chi connectivity index (χ0) is 9.14. The van der Waals surface area contributed by atoms with E-state index in [1.54, 1.807) is 0 Å². The number of ketones is 1. The molecule has 0 radical (unpaired) electrons. The normalized spacial score (nSPS) is 9.92. The highest BCUT2D eigenvalue weighted by Gasteiger charge is 2.09. The molecular formula is C9H10BrNO. The molecule has 0 atom stereocenters. The summed E-state index contributed by atoms with van der Waals surface area (Å²) < 4.78 is 0.818. The number of benzene rings is 1. The minimum Gasteiger partial charge on any atom is -0.324 e. The van der Waals surface area contributed by atoms with Gasteiger partial charge >= 0.3 is 0 Å². The molecule has 12 heavy (non-hydrogen) atoms. The van der Waals surface area contributed by atoms with Gasteiger partial charge in [0, 0.05) is 10.0 Å². The maximum Gasteiger partial charge on any atom is 0.177 e. The molecule has 0 unspecified atom stereocenters. The summed E-state index contributed by atoms with van der Waals surface area (Å²) in [5.74, 6) is -0.0278. The highest BCUT2D eigenvalue weighted by atomic mass is 79.9. The van der Waals surface area contributed by atoms with Crippen LogP contribution in [-0.4, -0.2) is 12.3 Å². The van der Waals surface area contributed by atoms with E-state index in [1.165, 1.54) is 0 Å². The largest absolute Gasteiger partial charge is 0.324 e. The third-order valence-electron chi connectivity index (χ3n) is 1.69. The van der Waals surface area contributed by atoms with Gasteiger partial charge in [-0.05, 0) is 18.6 Å². The van der Waals surface area contributed by atoms with Gasteiger partial charge in [0.05, 0.1) is 6.54 Å². The molecule has 1 aromatic rings. The van der Waals surface area contributed by atoms with E-state index in [2.05, 4.69) is 15.9 Å². The highest BCUT2D eigenvalue weighted by molar-refractivity contribution is 9.10. The lowest BCUT2D eigenvalue weighted by atomic mass is 10.1. The van der Waals surface area contributed by atoms with E-state index in [0.29, 0.717) is 5.56 Å². The van der Waals surface area contributed by atoms with Crippen molar-refractivity contribution in [2.45, 2.75) is 6.92 Å². The summed E-state index contributed by atoms with van der Waals surface area (Å²) in [6.07, 6.45) is 0. The Morgan fingerprint density at radius 1 is 1.58 bits per heavy atom. The van der Waals surface area contributed by atoms with E-state index >= 15 is 0 Å². The highest BCUT2D eigenvalue weighted by Crippen LogP contribution is 2.19. The van der Waals surface area contributed by atoms with Crippen molar-refractivity contribution in [3.63, 3.8) is 0 Å². The first-order valence-corrected chi connectivity index (χ1v) is 4.44. The Labute approximate surface area is 79.9 Å². The molecule has 2 N–H and O–H groups in total. The van der Waals surface area contributed by atoms with Crippen LogP contribution in [0.2, 0.25) is 0 Å². The molecule has 1 rings (SSSR count). The molecule has 0 spiro atoms. The fraction of sp³-hybridized carbons (Fsp3) is 0.222. The van der Waals surface area contributed by atoms with E-state index < -0.39 is 0 Å². The number of nitrogens with two attached hydrogens (primary N) is 1. The van der Waals surface area contributed by atoms with Crippen LogP contribution < -0.4 is 5.73 Å². The molecule has 3 heteroatoms. The molecule has 0 amide bonds. The predicted molar refractivity (Wildman–Crippen MR) is 52.3 cm³/mol. The van der Waals surface area contributed by atoms with Gasteiger partial charge in [0.15, 0.2) is 5.78 Å². The van der Waals surface area contributed by atoms with E-state index in [0.717, 1.165) is 10.0 Å². The molecule has 0 aliphatic rings. The molecule has 0 aromatic heterocycles. The first-order valence-electron chi connectivity index (χ1n) is 3.65. The molecule has 0 heterocycles. The Balaban J connectivity index is 3.21. The third-order valence-corrected chi connectivity index (χ3v) is 2.35. The number of hydrogen-bond acceptors (Lipinski definition) is 2. The van der Waals surface area contributed by atoms with Gasteiger partial charge in [-0.3, -0.25) is 4.79 Å². The fourth-order valence-corrected chi connectivity index (χ4v) is 1.77. The lowest BCUT2D eigenvalue weighted by Crippen LogP contribution is -2.15. The smallest absolute Gasteiger partial charge is 0.177 e. The van der Waals surface area contributed by atoms with Crippen LogP contribution in [0.15, 0.2) is 22.7 Å². The third kappa shape index (κ3) is 1.73. The van der Waals surface area contributed by atoms with Crippen molar-refractivity contribution in [1.29, 1.82) is 0 Å². The van der Waals surface area contributed by atoms with Crippen molar-refractivity contribution in [2.24, 2.45) is 5.73 Å². The first kappa shape index (κ1) is 9.42. The second-order valence-corrected chi connectivity index (χ2v) is 3.41. The van der Waals surface area contributed by atoms with E-state index in [-0.39, 0.29) is 12.3 Å². The maximum atomic E-state index is 11.3. The van der Waals surface area contributed by atoms with Crippen LogP contribution in [0, 0.1) is 6.92 Å². The standard InChI is InChI=1S/C9H10BrNO/c1-6-3-2-4-7(10)9(6)8(12)5-11/h2-4H,5,11H2,1H3. The minimum atomic E-state index is -0.0278. The quantitative estimate of drug-likeness (QED) is 0.785. The van der Waals surface area contributed by atoms with Crippen LogP contribution in [0.25, 0.3) is 0 Å². The summed E-state index contributed by atoms with van der Waals surface area (Å²) in [7, 11) is 0. The molecule has 0 bridgehead atoms. The molecule has 64 valence electrons. The summed E-state index contributed by atoms with van der Waals surface area (Å²) in [4.78, 5) is 11.3. The summed E-state index contributed by atoms with van der Waals surface area (Å²) in [5, 5.41) is 0. The lowest BCUT2D eigenvalue weighted by molar-refractivity contribution is 0.1000. The van der Waals surface area contributed by atoms with Gasteiger partial charge < -0.3 is 5.73 Å². The topological polar surface area (TPSA) is 43.1 Å². The monoisotopic (exact) mass is 227 g/mol. The zero-order valence-electron chi connectivity index (χ0n) is 6.80. The van der Waals surface area contributed by atoms with Gasteiger partial charge in [0.2, 0.25) is 0 Å². The molecule has 2 nitrogen and oxygen atoms in total. The average Bonchev–Trinajstić information content (AvgIpc) is 2.03. The lowest BCUT2D eigenvalue weighted by Gasteiger charge is -2.04. The van der Waals surface area contributed by atoms with Crippen molar-refractivity contribution >= 4 is 21.7 Å². The number of carbonyl (C=O) groups excluding carboxylic acids is 1. The van der Waals surface area contributed by atoms with Crippen LogP contribution in [0.3, 0.4) is 0 Å². The van der Waals surface area contributed by atoms with Crippen molar-refractivity contribution < 1.29 is 4.79 Å². The number of hydrogen-bond donors (Lipinski definition) is 1. The maximum absolute atomic E-state index is 11.3. The zero-order valence-corrected chi connectivity index (χ0v) is 8.39. The Hall–Kier alpha value is -0.670. The Bertz CT molecular complexity index is 289. The van der Waals surface area contributed by atoms with Gasteiger partial charge in [-0.15, -0.1) is 0 Å². The fourth-order valence-electron chi connectivity index (χ4n) is 1.09. The SMILES string of the molecule is Cc1cccc(Br)c1C(=O)CN. The van der Waals surface area contributed by atoms with E-state index in [9.17, 15) is 4.79 Å². The summed E-state index contributed by atoms with van der Waals surface area (Å²) in [6, 6.07) is 5.64. The van der Waals surface area contributed by atoms with Gasteiger partial charge in [-0.2, -0.15) is 0 Å². The van der Waals surface area contributed by atoms with Crippen LogP contribution in [0.5, 0.6) is 0 Å². The molecule has 0 fully saturated rings. The molecule has 1 aromatic carbocycles. The summed E-state index contributed by atoms with van der Waals surface area (Å²) in [5.41, 5.74) is 6.92. The van der Waals surface area contributed by atoms with Crippen molar-refractivity contribution in [3.05, 3.63) is 33.8 Å². The van der Waals surface area contributed by atoms with Crippen LogP contribution in [0.1, 0.15) is 15.9 Å². The van der Waals surface area contributed by atoms with Crippen molar-refractivity contribution in [3.8, 4) is 0 Å². The first-order chi connectivity index (χ1) is 5.66. The minimum absolute atomic E-state index is 0.0278. The van der Waals surface area contributed by atoms with E-state index in [1.807, 2.05) is 25.1 Å². The van der Waals surface area contributed by atoms with Gasteiger partial charge in [-0.1, -0.05) is 28.1 Å². The van der Waals surface area contributed by atoms with E-state index in [4.69, 9.17) is 5.73 Å². The average molecular weight is 228 g/mol. The van der Waals surface area contributed by atoms with Crippen LogP contribution >= 0.6 is 15.9 Å². The summed E-state index contributed by atoms with van der Waals surface area (Å²) >= 11 is 3.31. The number of carbonyl (C=O) groups is 1. The predicted octanol–water partition coefficient (Wildman–Crippen LogP) is 1.90. The number of aryl methyl sites for hydroxylation is 1. The summed E-state index contributed by atoms with van der Waals surface area (Å²) in [6.45, 7) is 1.96. The molecule has 0 aliphatic heterocycles. The molecular weight excluding hydrogens is 218 g/mol. The Morgan fingerprint density at radius 3 is 2.75 bits per heavy atom. The molecule has 0 saturated heterocycles. The second-order valence-electron chi connectivity index (χ2n) is 2.56. The Kier molecular flexibility index (Phi) is 3.00. The number of Topliss-reactive ketones (excluding diaryl/α,β-unsaturated/α-hetero) is 1.